The molecule has 0 unspecified atom stereocenters. The molecule has 0 amide bonds. The molecule has 0 aliphatic carbocycles. The number of aliphatic carboxylic acids is 2. The predicted octanol–water partition coefficient (Wildman–Crippen LogP) is 7.91. The van der Waals surface area contributed by atoms with Crippen LogP contribution in [0.1, 0.15) is 129 Å². The number of carbonyl (C=O) groups is 2. The second kappa shape index (κ2) is 26.6. The summed E-state index contributed by atoms with van der Waals surface area (Å²) in [6.45, 7) is 12.9. The second-order valence-corrected chi connectivity index (χ2v) is 9.15. The van der Waals surface area contributed by atoms with Crippen LogP contribution in [0.15, 0.2) is 24.3 Å². The van der Waals surface area contributed by atoms with E-state index in [4.69, 9.17) is 10.2 Å². The van der Waals surface area contributed by atoms with E-state index in [1.165, 1.54) is 116 Å². The van der Waals surface area contributed by atoms with Gasteiger partial charge in [-0.1, -0.05) is 123 Å². The lowest BCUT2D eigenvalue weighted by Gasteiger charge is -2.04. The molecule has 1 heterocycles. The Labute approximate surface area is 204 Å². The second-order valence-electron chi connectivity index (χ2n) is 9.15. The Kier molecular flexibility index (Phi) is 27.1. The highest BCUT2D eigenvalue weighted by Gasteiger charge is 2.02. The molecule has 5 heteroatoms. The molecule has 1 fully saturated rings. The van der Waals surface area contributed by atoms with Crippen LogP contribution in [-0.2, 0) is 9.59 Å². The van der Waals surface area contributed by atoms with E-state index in [9.17, 15) is 9.59 Å². The molecule has 1 rings (SSSR count). The van der Waals surface area contributed by atoms with Crippen LogP contribution in [0, 0.1) is 0 Å². The number of hydrogen-bond donors (Lipinski definition) is 3. The van der Waals surface area contributed by atoms with E-state index in [-0.39, 0.29) is 5.57 Å². The lowest BCUT2D eigenvalue weighted by atomic mass is 10.0. The molecule has 0 atom stereocenters. The van der Waals surface area contributed by atoms with E-state index < -0.39 is 11.9 Å². The van der Waals surface area contributed by atoms with Crippen molar-refractivity contribution in [1.29, 1.82) is 0 Å². The van der Waals surface area contributed by atoms with Gasteiger partial charge in [-0.3, -0.25) is 0 Å². The van der Waals surface area contributed by atoms with E-state index in [1.54, 1.807) is 0 Å². The van der Waals surface area contributed by atoms with Crippen molar-refractivity contribution >= 4 is 11.9 Å². The highest BCUT2D eigenvalue weighted by Crippen LogP contribution is 2.15. The van der Waals surface area contributed by atoms with Crippen molar-refractivity contribution in [3.05, 3.63) is 24.3 Å². The van der Waals surface area contributed by atoms with Crippen LogP contribution < -0.4 is 5.32 Å². The molecule has 0 spiro atoms. The number of carboxylic acid groups (broad SMARTS) is 2. The van der Waals surface area contributed by atoms with Gasteiger partial charge in [-0.15, -0.1) is 0 Å². The third-order valence-corrected chi connectivity index (χ3v) is 5.50. The number of hydrogen-bond acceptors (Lipinski definition) is 3. The lowest BCUT2D eigenvalue weighted by molar-refractivity contribution is -0.133. The molecule has 5 nitrogen and oxygen atoms in total. The molecule has 194 valence electrons. The fourth-order valence-electron chi connectivity index (χ4n) is 3.17. The molecule has 33 heavy (non-hydrogen) atoms. The third kappa shape index (κ3) is 35.2. The van der Waals surface area contributed by atoms with Gasteiger partial charge in [0.1, 0.15) is 0 Å². The van der Waals surface area contributed by atoms with Gasteiger partial charge in [-0.25, -0.2) is 9.59 Å². The summed E-state index contributed by atoms with van der Waals surface area (Å²) in [5.74, 6) is -1.78. The van der Waals surface area contributed by atoms with Crippen molar-refractivity contribution in [1.82, 2.24) is 5.32 Å². The zero-order valence-corrected chi connectivity index (χ0v) is 21.8. The molecule has 0 radical (unpaired) electrons. The Morgan fingerprint density at radius 2 is 0.909 bits per heavy atom. The largest absolute Gasteiger partial charge is 0.478 e. The zero-order chi connectivity index (χ0) is 25.2. The van der Waals surface area contributed by atoms with Crippen molar-refractivity contribution in [3.8, 4) is 0 Å². The van der Waals surface area contributed by atoms with Gasteiger partial charge in [0, 0.05) is 24.2 Å². The van der Waals surface area contributed by atoms with Gasteiger partial charge >= 0.3 is 11.9 Å². The van der Waals surface area contributed by atoms with Crippen molar-refractivity contribution in [2.45, 2.75) is 129 Å². The van der Waals surface area contributed by atoms with Gasteiger partial charge in [0.2, 0.25) is 0 Å². The summed E-state index contributed by atoms with van der Waals surface area (Å²) >= 11 is 0. The topological polar surface area (TPSA) is 96.5 Å². The molecular formula is C28H53NO4. The monoisotopic (exact) mass is 467 g/mol. The maximum absolute atomic E-state index is 10.6. The van der Waals surface area contributed by atoms with Gasteiger partial charge in [0.25, 0.3) is 0 Å². The number of nitrogens with one attached hydrogen (secondary N) is 1. The Bertz CT molecular complexity index is 485. The van der Waals surface area contributed by atoms with Gasteiger partial charge in [-0.05, 0) is 19.8 Å². The van der Waals surface area contributed by atoms with Gasteiger partial charge in [0.15, 0.2) is 0 Å². The molecule has 1 aliphatic heterocycles. The maximum Gasteiger partial charge on any atom is 0.330 e. The zero-order valence-electron chi connectivity index (χ0n) is 21.8. The van der Waals surface area contributed by atoms with Crippen molar-refractivity contribution in [2.75, 3.05) is 13.1 Å². The van der Waals surface area contributed by atoms with E-state index in [0.717, 1.165) is 12.8 Å². The van der Waals surface area contributed by atoms with Crippen LogP contribution in [0.2, 0.25) is 0 Å². The van der Waals surface area contributed by atoms with Gasteiger partial charge in [0.05, 0.1) is 0 Å². The molecule has 3 N–H and O–H groups in total. The number of rotatable bonds is 20. The van der Waals surface area contributed by atoms with E-state index in [0.29, 0.717) is 12.0 Å². The molecule has 0 bridgehead atoms. The molecule has 0 aromatic rings. The smallest absolute Gasteiger partial charge is 0.330 e. The summed E-state index contributed by atoms with van der Waals surface area (Å²) in [4.78, 5) is 20.2. The van der Waals surface area contributed by atoms with Gasteiger partial charge in [-0.2, -0.15) is 0 Å². The standard InChI is InChI=1S/C22H42O2.C4H6O2.C2H5N/c1-3-4-5-6-7-8-9-10-11-12-13-14-15-16-17-18-19-20-21(2)22(23)24;1-3(2)4(5)6;1-2-3-1/h2-20H2,1H3,(H,23,24);1H2,2H3,(H,5,6);3H,1-2H2. The highest BCUT2D eigenvalue weighted by atomic mass is 16.4. The summed E-state index contributed by atoms with van der Waals surface area (Å²) in [7, 11) is 0. The van der Waals surface area contributed by atoms with Crippen LogP contribution >= 0.6 is 0 Å². The molecule has 1 aliphatic rings. The average Bonchev–Trinajstić information content (AvgIpc) is 3.65. The first-order valence-corrected chi connectivity index (χ1v) is 13.3. The molecule has 0 aromatic carbocycles. The maximum atomic E-state index is 10.6. The molecule has 0 aromatic heterocycles. The fraction of sp³-hybridized carbons (Fsp3) is 0.786. The Hall–Kier alpha value is -1.62. The van der Waals surface area contributed by atoms with E-state index in [1.807, 2.05) is 0 Å². The van der Waals surface area contributed by atoms with Crippen LogP contribution in [-0.4, -0.2) is 35.2 Å². The fourth-order valence-corrected chi connectivity index (χ4v) is 3.17. The molecule has 1 saturated heterocycles. The first kappa shape index (κ1) is 33.6. The minimum Gasteiger partial charge on any atom is -0.478 e. The van der Waals surface area contributed by atoms with Crippen LogP contribution in [0.4, 0.5) is 0 Å². The van der Waals surface area contributed by atoms with Crippen molar-refractivity contribution in [3.63, 3.8) is 0 Å². The minimum atomic E-state index is -0.935. The third-order valence-electron chi connectivity index (χ3n) is 5.50. The minimum absolute atomic E-state index is 0.176. The average molecular weight is 468 g/mol. The summed E-state index contributed by atoms with van der Waals surface area (Å²) in [6, 6.07) is 0. The quantitative estimate of drug-likeness (QED) is 0.0960. The summed E-state index contributed by atoms with van der Waals surface area (Å²) in [5.41, 5.74) is 0.533. The molecular weight excluding hydrogens is 414 g/mol. The van der Waals surface area contributed by atoms with E-state index >= 15 is 0 Å². The Morgan fingerprint density at radius 1 is 0.636 bits per heavy atom. The lowest BCUT2D eigenvalue weighted by Crippen LogP contribution is -1.98. The first-order chi connectivity index (χ1) is 15.8. The van der Waals surface area contributed by atoms with Crippen LogP contribution in [0.3, 0.4) is 0 Å². The van der Waals surface area contributed by atoms with Gasteiger partial charge < -0.3 is 15.5 Å². The highest BCUT2D eigenvalue weighted by molar-refractivity contribution is 5.85. The molecule has 0 saturated carbocycles. The number of unbranched alkanes of at least 4 members (excludes halogenated alkanes) is 16. The summed E-state index contributed by atoms with van der Waals surface area (Å²) in [6.07, 6.45) is 23.7. The van der Waals surface area contributed by atoms with Crippen molar-refractivity contribution in [2.24, 2.45) is 0 Å². The Morgan fingerprint density at radius 3 is 1.12 bits per heavy atom. The predicted molar refractivity (Wildman–Crippen MR) is 141 cm³/mol. The van der Waals surface area contributed by atoms with Crippen LogP contribution in [0.25, 0.3) is 0 Å². The summed E-state index contributed by atoms with van der Waals surface area (Å²) in [5, 5.41) is 19.6. The van der Waals surface area contributed by atoms with E-state index in [2.05, 4.69) is 25.4 Å². The normalized spacial score (nSPS) is 11.5. The Balaban J connectivity index is 0. The number of carboxylic acids is 2. The SMILES string of the molecule is C1CN1.C=C(C)C(=O)O.C=C(CCCCCCCCCCCCCCCCCCC)C(=O)O. The summed E-state index contributed by atoms with van der Waals surface area (Å²) < 4.78 is 0. The van der Waals surface area contributed by atoms with Crippen LogP contribution in [0.5, 0.6) is 0 Å². The van der Waals surface area contributed by atoms with Crippen molar-refractivity contribution < 1.29 is 19.8 Å². The first-order valence-electron chi connectivity index (χ1n) is 13.3.